The van der Waals surface area contributed by atoms with E-state index >= 15 is 0 Å². The predicted octanol–water partition coefficient (Wildman–Crippen LogP) is 4.14. The van der Waals surface area contributed by atoms with E-state index in [-0.39, 0.29) is 0 Å². The molecular weight excluding hydrogens is 239 g/mol. The van der Waals surface area contributed by atoms with Gasteiger partial charge in [-0.1, -0.05) is 40.0 Å². The quantitative estimate of drug-likeness (QED) is 0.373. The number of phosphoric ester groups is 1. The maximum atomic E-state index is 10.8. The van der Waals surface area contributed by atoms with Crippen molar-refractivity contribution in [3.05, 3.63) is 11.3 Å². The van der Waals surface area contributed by atoms with Gasteiger partial charge in [-0.3, -0.25) is 9.79 Å². The Kier molecular flexibility index (Phi) is 8.57. The van der Waals surface area contributed by atoms with Crippen LogP contribution < -0.4 is 0 Å². The Labute approximate surface area is 104 Å². The van der Waals surface area contributed by atoms with Gasteiger partial charge in [0.2, 0.25) is 0 Å². The van der Waals surface area contributed by atoms with E-state index in [2.05, 4.69) is 6.92 Å². The van der Waals surface area contributed by atoms with Crippen molar-refractivity contribution in [2.24, 2.45) is 0 Å². The van der Waals surface area contributed by atoms with Crippen molar-refractivity contribution in [3.8, 4) is 0 Å². The lowest BCUT2D eigenvalue weighted by Crippen LogP contribution is -1.96. The summed E-state index contributed by atoms with van der Waals surface area (Å²) in [5, 5.41) is 0. The van der Waals surface area contributed by atoms with Crippen LogP contribution in [0.15, 0.2) is 11.3 Å². The van der Waals surface area contributed by atoms with E-state index in [0.29, 0.717) is 12.2 Å². The highest BCUT2D eigenvalue weighted by Gasteiger charge is 2.18. The molecule has 0 aliphatic heterocycles. The zero-order valence-electron chi connectivity index (χ0n) is 11.1. The molecule has 0 aromatic heterocycles. The maximum absolute atomic E-state index is 10.8. The van der Waals surface area contributed by atoms with Gasteiger partial charge in [0.15, 0.2) is 0 Å². The van der Waals surface area contributed by atoms with Gasteiger partial charge in [-0.25, -0.2) is 4.57 Å². The molecule has 5 heteroatoms. The van der Waals surface area contributed by atoms with Crippen LogP contribution in [-0.4, -0.2) is 9.79 Å². The van der Waals surface area contributed by atoms with Crippen molar-refractivity contribution < 1.29 is 18.9 Å². The molecular formula is C12H25O4P. The molecule has 0 atom stereocenters. The number of phosphoric acid groups is 1. The normalized spacial score (nSPS) is 13.5. The Bertz CT molecular complexity index is 280. The molecule has 0 unspecified atom stereocenters. The van der Waals surface area contributed by atoms with Crippen molar-refractivity contribution in [3.63, 3.8) is 0 Å². The van der Waals surface area contributed by atoms with Crippen molar-refractivity contribution in [1.29, 1.82) is 0 Å². The molecule has 4 nitrogen and oxygen atoms in total. The molecule has 0 saturated carbocycles. The number of hydrogen-bond donors (Lipinski definition) is 2. The molecule has 2 N–H and O–H groups in total. The first-order chi connectivity index (χ1) is 7.94. The highest BCUT2D eigenvalue weighted by molar-refractivity contribution is 7.46. The fourth-order valence-electron chi connectivity index (χ4n) is 1.80. The molecule has 0 fully saturated rings. The largest absolute Gasteiger partial charge is 0.524 e. The number of allylic oxidation sites excluding steroid dienone is 2. The molecule has 0 radical (unpaired) electrons. The number of hydrogen-bond acceptors (Lipinski definition) is 2. The van der Waals surface area contributed by atoms with Crippen LogP contribution in [-0.2, 0) is 9.09 Å². The minimum atomic E-state index is -4.41. The fourth-order valence-corrected chi connectivity index (χ4v) is 2.35. The van der Waals surface area contributed by atoms with Gasteiger partial charge < -0.3 is 4.52 Å². The molecule has 0 heterocycles. The second-order valence-electron chi connectivity index (χ2n) is 4.13. The van der Waals surface area contributed by atoms with Gasteiger partial charge in [0.05, 0.1) is 0 Å². The third kappa shape index (κ3) is 8.42. The van der Waals surface area contributed by atoms with Crippen LogP contribution in [0.5, 0.6) is 0 Å². The van der Waals surface area contributed by atoms with Gasteiger partial charge in [-0.15, -0.1) is 0 Å². The summed E-state index contributed by atoms with van der Waals surface area (Å²) in [5.41, 5.74) is 1.03. The van der Waals surface area contributed by atoms with Crippen molar-refractivity contribution in [2.75, 3.05) is 0 Å². The van der Waals surface area contributed by atoms with Crippen LogP contribution in [0.3, 0.4) is 0 Å². The Morgan fingerprint density at radius 1 is 1.06 bits per heavy atom. The second-order valence-corrected chi connectivity index (χ2v) is 5.29. The molecule has 0 bridgehead atoms. The van der Waals surface area contributed by atoms with Crippen LogP contribution in [0.25, 0.3) is 0 Å². The first kappa shape index (κ1) is 16.7. The van der Waals surface area contributed by atoms with Crippen LogP contribution in [0, 0.1) is 0 Å². The third-order valence-corrected chi connectivity index (χ3v) is 3.16. The average molecular weight is 264 g/mol. The van der Waals surface area contributed by atoms with E-state index < -0.39 is 7.82 Å². The third-order valence-electron chi connectivity index (χ3n) is 2.70. The lowest BCUT2D eigenvalue weighted by molar-refractivity contribution is 0.234. The van der Waals surface area contributed by atoms with E-state index in [1.165, 1.54) is 12.8 Å². The summed E-state index contributed by atoms with van der Waals surface area (Å²) in [6.07, 6.45) is 6.80. The van der Waals surface area contributed by atoms with Crippen molar-refractivity contribution >= 4 is 7.82 Å². The van der Waals surface area contributed by atoms with E-state index in [4.69, 9.17) is 14.3 Å². The van der Waals surface area contributed by atoms with Crippen LogP contribution in [0.2, 0.25) is 0 Å². The maximum Gasteiger partial charge on any atom is 0.524 e. The minimum Gasteiger partial charge on any atom is -0.409 e. The Morgan fingerprint density at radius 3 is 2.12 bits per heavy atom. The van der Waals surface area contributed by atoms with Gasteiger partial charge in [-0.05, 0) is 24.8 Å². The monoisotopic (exact) mass is 264 g/mol. The first-order valence-electron chi connectivity index (χ1n) is 6.40. The van der Waals surface area contributed by atoms with Crippen LogP contribution in [0.1, 0.15) is 65.7 Å². The van der Waals surface area contributed by atoms with E-state index in [1.807, 2.05) is 13.8 Å². The smallest absolute Gasteiger partial charge is 0.409 e. The molecule has 0 spiro atoms. The first-order valence-corrected chi connectivity index (χ1v) is 7.93. The van der Waals surface area contributed by atoms with Gasteiger partial charge in [0.1, 0.15) is 5.76 Å². The average Bonchev–Trinajstić information content (AvgIpc) is 2.25. The molecule has 0 aliphatic rings. The standard InChI is InChI=1S/C12H25O4P/c1-4-7-8-9-10-11(5-2)12(6-3)16-17(13,14)15/h4-10H2,1-3H3,(H2,13,14,15). The van der Waals surface area contributed by atoms with E-state index in [9.17, 15) is 4.57 Å². The molecule has 0 aromatic rings. The molecule has 0 aromatic carbocycles. The van der Waals surface area contributed by atoms with Crippen molar-refractivity contribution in [1.82, 2.24) is 0 Å². The zero-order valence-corrected chi connectivity index (χ0v) is 12.0. The molecule has 0 aliphatic carbocycles. The molecule has 0 saturated heterocycles. The van der Waals surface area contributed by atoms with Crippen LogP contribution in [0.4, 0.5) is 0 Å². The topological polar surface area (TPSA) is 66.8 Å². The van der Waals surface area contributed by atoms with Gasteiger partial charge in [-0.2, -0.15) is 0 Å². The zero-order chi connectivity index (χ0) is 13.3. The minimum absolute atomic E-state index is 0.470. The molecule has 0 amide bonds. The highest BCUT2D eigenvalue weighted by Crippen LogP contribution is 2.41. The van der Waals surface area contributed by atoms with Crippen molar-refractivity contribution in [2.45, 2.75) is 65.7 Å². The van der Waals surface area contributed by atoms with Gasteiger partial charge >= 0.3 is 7.82 Å². The summed E-state index contributed by atoms with van der Waals surface area (Å²) in [4.78, 5) is 17.7. The fraction of sp³-hybridized carbons (Fsp3) is 0.833. The van der Waals surface area contributed by atoms with E-state index in [1.54, 1.807) is 0 Å². The summed E-state index contributed by atoms with van der Waals surface area (Å²) >= 11 is 0. The summed E-state index contributed by atoms with van der Waals surface area (Å²) in [6.45, 7) is 6.01. The number of unbranched alkanes of at least 4 members (excludes halogenated alkanes) is 3. The Morgan fingerprint density at radius 2 is 1.71 bits per heavy atom. The number of rotatable bonds is 9. The summed E-state index contributed by atoms with van der Waals surface area (Å²) < 4.78 is 15.6. The Hall–Kier alpha value is -0.310. The predicted molar refractivity (Wildman–Crippen MR) is 69.5 cm³/mol. The van der Waals surface area contributed by atoms with Gasteiger partial charge in [0, 0.05) is 6.42 Å². The summed E-state index contributed by atoms with van der Waals surface area (Å²) in [5.74, 6) is 0.470. The summed E-state index contributed by atoms with van der Waals surface area (Å²) in [6, 6.07) is 0. The van der Waals surface area contributed by atoms with E-state index in [0.717, 1.165) is 31.3 Å². The lowest BCUT2D eigenvalue weighted by atomic mass is 10.0. The second kappa shape index (κ2) is 8.73. The molecule has 0 rings (SSSR count). The Balaban J connectivity index is 4.46. The lowest BCUT2D eigenvalue weighted by Gasteiger charge is -2.14. The highest BCUT2D eigenvalue weighted by atomic mass is 31.2. The SMILES string of the molecule is CCCCCCC(CC)=C(CC)OP(=O)(O)O. The summed E-state index contributed by atoms with van der Waals surface area (Å²) in [7, 11) is -4.41. The molecule has 102 valence electrons. The van der Waals surface area contributed by atoms with Crippen LogP contribution >= 0.6 is 7.82 Å². The van der Waals surface area contributed by atoms with Gasteiger partial charge in [0.25, 0.3) is 0 Å². The molecule has 17 heavy (non-hydrogen) atoms.